The average molecular weight is 673 g/mol. The molecule has 2 aliphatic heterocycles. The number of nitrogens with zero attached hydrogens (tertiary/aromatic N) is 4. The van der Waals surface area contributed by atoms with Gasteiger partial charge in [-0.2, -0.15) is 0 Å². The number of rotatable bonds is 9. The Morgan fingerprint density at radius 1 is 0.651 bits per heavy atom. The predicted molar refractivity (Wildman–Crippen MR) is 190 cm³/mol. The maximum Gasteiger partial charge on any atom is 0.123 e. The maximum atomic E-state index is 13.7. The molecule has 0 aliphatic carbocycles. The second-order valence-electron chi connectivity index (χ2n) is 11.2. The van der Waals surface area contributed by atoms with Gasteiger partial charge in [-0.3, -0.25) is 19.6 Å². The average Bonchev–Trinajstić information content (AvgIpc) is 2.98. The van der Waals surface area contributed by atoms with Crippen LogP contribution in [0.3, 0.4) is 0 Å². The molecule has 0 aromatic heterocycles. The summed E-state index contributed by atoms with van der Waals surface area (Å²) in [5.74, 6) is -0.157. The van der Waals surface area contributed by atoms with E-state index in [1.807, 2.05) is 12.1 Å². The number of hydrogen-bond acceptors (Lipinski definition) is 4. The molecule has 9 heteroatoms. The SMILES string of the molecule is CC(C)N1CCN(C(CN2CCN(CC=Cc3ccccc3-c3ccccc3)CC2)c2ccc(F)cc2)CC1.Cl.Cl.Cl.Cl. The first-order valence-corrected chi connectivity index (χ1v) is 14.6. The van der Waals surface area contributed by atoms with Crippen molar-refractivity contribution in [2.45, 2.75) is 25.9 Å². The number of halogens is 5. The van der Waals surface area contributed by atoms with Gasteiger partial charge in [0.1, 0.15) is 5.82 Å². The summed E-state index contributed by atoms with van der Waals surface area (Å²) in [4.78, 5) is 10.3. The van der Waals surface area contributed by atoms with Gasteiger partial charge in [0.15, 0.2) is 0 Å². The van der Waals surface area contributed by atoms with Crippen molar-refractivity contribution < 1.29 is 4.39 Å². The molecular formula is C34H47Cl4FN4. The summed E-state index contributed by atoms with van der Waals surface area (Å²) < 4.78 is 13.7. The summed E-state index contributed by atoms with van der Waals surface area (Å²) in [6.07, 6.45) is 4.59. The monoisotopic (exact) mass is 670 g/mol. The van der Waals surface area contributed by atoms with Crippen LogP contribution in [0.5, 0.6) is 0 Å². The minimum atomic E-state index is -0.157. The zero-order chi connectivity index (χ0) is 27.0. The van der Waals surface area contributed by atoms with Crippen molar-refractivity contribution in [2.24, 2.45) is 0 Å². The molecule has 4 nitrogen and oxygen atoms in total. The van der Waals surface area contributed by atoms with Crippen molar-refractivity contribution in [3.05, 3.63) is 102 Å². The van der Waals surface area contributed by atoms with Gasteiger partial charge < -0.3 is 0 Å². The van der Waals surface area contributed by atoms with E-state index in [2.05, 4.69) is 100 Å². The van der Waals surface area contributed by atoms with Gasteiger partial charge in [0, 0.05) is 77.5 Å². The smallest absolute Gasteiger partial charge is 0.123 e. The van der Waals surface area contributed by atoms with Gasteiger partial charge in [0.25, 0.3) is 0 Å². The van der Waals surface area contributed by atoms with Gasteiger partial charge in [-0.05, 0) is 48.2 Å². The second-order valence-corrected chi connectivity index (χ2v) is 11.2. The van der Waals surface area contributed by atoms with E-state index >= 15 is 0 Å². The van der Waals surface area contributed by atoms with Crippen molar-refractivity contribution in [3.63, 3.8) is 0 Å². The van der Waals surface area contributed by atoms with Crippen LogP contribution in [0.2, 0.25) is 0 Å². The van der Waals surface area contributed by atoms with Crippen molar-refractivity contribution in [2.75, 3.05) is 65.4 Å². The molecule has 2 fully saturated rings. The molecule has 43 heavy (non-hydrogen) atoms. The Morgan fingerprint density at radius 2 is 1.21 bits per heavy atom. The van der Waals surface area contributed by atoms with Crippen LogP contribution in [0, 0.1) is 5.82 Å². The Kier molecular flexibility index (Phi) is 18.0. The predicted octanol–water partition coefficient (Wildman–Crippen LogP) is 7.58. The zero-order valence-electron chi connectivity index (χ0n) is 25.2. The first-order valence-electron chi connectivity index (χ1n) is 14.6. The molecule has 5 rings (SSSR count). The van der Waals surface area contributed by atoms with Crippen LogP contribution < -0.4 is 0 Å². The Bertz CT molecular complexity index is 1200. The molecule has 0 N–H and O–H groups in total. The molecular weight excluding hydrogens is 625 g/mol. The van der Waals surface area contributed by atoms with Gasteiger partial charge in [0.05, 0.1) is 0 Å². The number of hydrogen-bond donors (Lipinski definition) is 0. The van der Waals surface area contributed by atoms with E-state index in [1.165, 1.54) is 22.3 Å². The van der Waals surface area contributed by atoms with Crippen molar-refractivity contribution in [1.82, 2.24) is 19.6 Å². The molecule has 3 aromatic carbocycles. The molecule has 0 saturated carbocycles. The maximum absolute atomic E-state index is 13.7. The fourth-order valence-electron chi connectivity index (χ4n) is 5.93. The van der Waals surface area contributed by atoms with E-state index in [4.69, 9.17) is 0 Å². The third-order valence-corrected chi connectivity index (χ3v) is 8.38. The van der Waals surface area contributed by atoms with Crippen LogP contribution in [0.4, 0.5) is 4.39 Å². The first kappa shape index (κ1) is 39.4. The first-order chi connectivity index (χ1) is 19.1. The summed E-state index contributed by atoms with van der Waals surface area (Å²) in [6.45, 7) is 15.1. The van der Waals surface area contributed by atoms with E-state index in [1.54, 1.807) is 12.1 Å². The van der Waals surface area contributed by atoms with Crippen LogP contribution in [-0.2, 0) is 0 Å². The van der Waals surface area contributed by atoms with E-state index in [-0.39, 0.29) is 55.4 Å². The van der Waals surface area contributed by atoms with Crippen LogP contribution in [0.25, 0.3) is 17.2 Å². The fraction of sp³-hybridized carbons (Fsp3) is 0.412. The van der Waals surface area contributed by atoms with Gasteiger partial charge in [-0.15, -0.1) is 49.6 Å². The highest BCUT2D eigenvalue weighted by Gasteiger charge is 2.28. The molecule has 1 unspecified atom stereocenters. The van der Waals surface area contributed by atoms with Crippen molar-refractivity contribution in [1.29, 1.82) is 0 Å². The van der Waals surface area contributed by atoms with Crippen LogP contribution in [0.1, 0.15) is 31.0 Å². The lowest BCUT2D eigenvalue weighted by molar-refractivity contribution is 0.0496. The van der Waals surface area contributed by atoms with Crippen LogP contribution in [0.15, 0.2) is 84.9 Å². The highest BCUT2D eigenvalue weighted by atomic mass is 35.5. The Labute approximate surface area is 283 Å². The largest absolute Gasteiger partial charge is 0.299 e. The molecule has 238 valence electrons. The molecule has 0 spiro atoms. The van der Waals surface area contributed by atoms with E-state index in [0.29, 0.717) is 12.1 Å². The molecule has 2 saturated heterocycles. The lowest BCUT2D eigenvalue weighted by Gasteiger charge is -2.43. The molecule has 0 radical (unpaired) electrons. The van der Waals surface area contributed by atoms with Gasteiger partial charge in [-0.25, -0.2) is 4.39 Å². The molecule has 2 aliphatic rings. The normalized spacial score (nSPS) is 17.4. The van der Waals surface area contributed by atoms with E-state index in [9.17, 15) is 4.39 Å². The minimum Gasteiger partial charge on any atom is -0.299 e. The summed E-state index contributed by atoms with van der Waals surface area (Å²) in [7, 11) is 0. The van der Waals surface area contributed by atoms with Gasteiger partial charge in [-0.1, -0.05) is 78.9 Å². The lowest BCUT2D eigenvalue weighted by atomic mass is 9.99. The molecule has 0 amide bonds. The summed E-state index contributed by atoms with van der Waals surface area (Å²) in [5.41, 5.74) is 5.03. The van der Waals surface area contributed by atoms with Crippen LogP contribution >= 0.6 is 49.6 Å². The topological polar surface area (TPSA) is 13.0 Å². The Morgan fingerprint density at radius 3 is 1.84 bits per heavy atom. The highest BCUT2D eigenvalue weighted by molar-refractivity contribution is 5.86. The summed E-state index contributed by atoms with van der Waals surface area (Å²) in [6, 6.07) is 27.4. The zero-order valence-corrected chi connectivity index (χ0v) is 28.5. The highest BCUT2D eigenvalue weighted by Crippen LogP contribution is 2.26. The standard InChI is InChI=1S/C34H43FN4.4ClH/c1-28(2)38-23-25-39(26-24-38)34(31-14-16-32(35)17-15-31)27-37-21-19-36(20-22-37)18-8-12-30-11-6-7-13-33(30)29-9-4-3-5-10-29;;;;/h3-17,28,34H,18-27H2,1-2H3;4*1H. The fourth-order valence-corrected chi connectivity index (χ4v) is 5.93. The van der Waals surface area contributed by atoms with Crippen molar-refractivity contribution >= 4 is 55.7 Å². The molecule has 3 aromatic rings. The summed E-state index contributed by atoms with van der Waals surface area (Å²) in [5, 5.41) is 0. The number of benzene rings is 3. The molecule has 0 bridgehead atoms. The second kappa shape index (κ2) is 19.7. The van der Waals surface area contributed by atoms with Crippen molar-refractivity contribution in [3.8, 4) is 11.1 Å². The van der Waals surface area contributed by atoms with Gasteiger partial charge >= 0.3 is 0 Å². The quantitative estimate of drug-likeness (QED) is 0.233. The van der Waals surface area contributed by atoms with E-state index in [0.717, 1.165) is 65.4 Å². The minimum absolute atomic E-state index is 0. The van der Waals surface area contributed by atoms with Crippen LogP contribution in [-0.4, -0.2) is 91.1 Å². The molecule has 2 heterocycles. The third kappa shape index (κ3) is 11.0. The molecule has 1 atom stereocenters. The number of piperazine rings is 2. The van der Waals surface area contributed by atoms with Gasteiger partial charge in [0.2, 0.25) is 0 Å². The van der Waals surface area contributed by atoms with E-state index < -0.39 is 0 Å². The Balaban J connectivity index is 0.00000231. The third-order valence-electron chi connectivity index (χ3n) is 8.38. The Hall–Kier alpha value is -1.67. The summed E-state index contributed by atoms with van der Waals surface area (Å²) >= 11 is 0. The lowest BCUT2D eigenvalue weighted by Crippen LogP contribution is -2.53.